The van der Waals surface area contributed by atoms with Gasteiger partial charge in [0, 0.05) is 10.1 Å². The highest BCUT2D eigenvalue weighted by Gasteiger charge is 2.13. The maximum Gasteiger partial charge on any atom is 0.0749 e. The van der Waals surface area contributed by atoms with Crippen LogP contribution in [0.3, 0.4) is 0 Å². The minimum Gasteiger partial charge on any atom is -0.0875 e. The summed E-state index contributed by atoms with van der Waals surface area (Å²) in [4.78, 5) is 0. The third-order valence-electron chi connectivity index (χ3n) is 1.71. The molecule has 0 nitrogen and oxygen atoms in total. The van der Waals surface area contributed by atoms with E-state index in [-0.39, 0.29) is 0 Å². The summed E-state index contributed by atoms with van der Waals surface area (Å²) in [5.74, 6) is 0. The van der Waals surface area contributed by atoms with E-state index >= 15 is 0 Å². The second-order valence-corrected chi connectivity index (χ2v) is 4.31. The normalized spacial score (nSPS) is 21.0. The van der Waals surface area contributed by atoms with E-state index in [0.717, 1.165) is 25.7 Å². The molecule has 0 saturated heterocycles. The molecule has 0 bridgehead atoms. The molecule has 0 atom stereocenters. The average molecular weight is 246 g/mol. The van der Waals surface area contributed by atoms with Gasteiger partial charge in [0.15, 0.2) is 0 Å². The monoisotopic (exact) mass is 244 g/mol. The van der Waals surface area contributed by atoms with Crippen molar-refractivity contribution in [2.75, 3.05) is 0 Å². The van der Waals surface area contributed by atoms with Crippen LogP contribution in [-0.2, 0) is 0 Å². The molecule has 1 aliphatic rings. The molecule has 0 unspecified atom stereocenters. The first-order valence-corrected chi connectivity index (χ1v) is 5.22. The molecule has 0 saturated carbocycles. The van der Waals surface area contributed by atoms with Crippen molar-refractivity contribution >= 4 is 46.4 Å². The molecule has 0 aliphatic heterocycles. The first kappa shape index (κ1) is 10.7. The largest absolute Gasteiger partial charge is 0.0875 e. The van der Waals surface area contributed by atoms with Crippen molar-refractivity contribution in [3.8, 4) is 0 Å². The van der Waals surface area contributed by atoms with Gasteiger partial charge in [-0.3, -0.25) is 0 Å². The Morgan fingerprint density at radius 2 is 1.00 bits per heavy atom. The average Bonchev–Trinajstić information content (AvgIpc) is 2.07. The molecule has 0 amide bonds. The van der Waals surface area contributed by atoms with E-state index in [1.807, 2.05) is 0 Å². The summed E-state index contributed by atoms with van der Waals surface area (Å²) >= 11 is 23.5. The van der Waals surface area contributed by atoms with E-state index in [1.54, 1.807) is 0 Å². The van der Waals surface area contributed by atoms with Crippen molar-refractivity contribution in [3.63, 3.8) is 0 Å². The zero-order valence-electron chi connectivity index (χ0n) is 6.34. The van der Waals surface area contributed by atoms with Crippen LogP contribution in [0, 0.1) is 0 Å². The molecule has 4 heteroatoms. The second-order valence-electron chi connectivity index (χ2n) is 2.64. The molecule has 0 N–H and O–H groups in total. The lowest BCUT2D eigenvalue weighted by atomic mass is 10.1. The zero-order chi connectivity index (χ0) is 9.14. The van der Waals surface area contributed by atoms with Crippen LogP contribution in [0.15, 0.2) is 20.1 Å². The van der Waals surface area contributed by atoms with Gasteiger partial charge in [-0.05, 0) is 25.7 Å². The predicted molar refractivity (Wildman–Crippen MR) is 55.9 cm³/mol. The SMILES string of the molecule is ClC1=C(Cl)C(Cl)=C(Cl)CCCC1. The standard InChI is InChI=1S/C8H8Cl4/c9-5-3-1-2-4-6(10)8(12)7(5)11/h1-4H2. The molecule has 0 heterocycles. The molecular formula is C8H8Cl4. The van der Waals surface area contributed by atoms with Gasteiger partial charge in [-0.15, -0.1) is 0 Å². The lowest BCUT2D eigenvalue weighted by Crippen LogP contribution is -1.90. The Bertz CT molecular complexity index is 213. The summed E-state index contributed by atoms with van der Waals surface area (Å²) in [5, 5.41) is 2.03. The molecule has 1 rings (SSSR count). The highest BCUT2D eigenvalue weighted by molar-refractivity contribution is 6.50. The minimum atomic E-state index is 0.406. The van der Waals surface area contributed by atoms with Crippen LogP contribution < -0.4 is 0 Å². The van der Waals surface area contributed by atoms with Gasteiger partial charge in [0.25, 0.3) is 0 Å². The number of halogens is 4. The van der Waals surface area contributed by atoms with Crippen molar-refractivity contribution in [3.05, 3.63) is 20.1 Å². The Kier molecular flexibility index (Phi) is 4.25. The van der Waals surface area contributed by atoms with Gasteiger partial charge in [0.1, 0.15) is 0 Å². The van der Waals surface area contributed by atoms with Gasteiger partial charge < -0.3 is 0 Å². The summed E-state index contributed by atoms with van der Waals surface area (Å²) in [6.07, 6.45) is 3.60. The van der Waals surface area contributed by atoms with Crippen LogP contribution in [0.2, 0.25) is 0 Å². The minimum absolute atomic E-state index is 0.406. The number of hydrogen-bond acceptors (Lipinski definition) is 0. The van der Waals surface area contributed by atoms with Crippen LogP contribution in [0.1, 0.15) is 25.7 Å². The maximum absolute atomic E-state index is 5.87. The van der Waals surface area contributed by atoms with E-state index in [1.165, 1.54) is 0 Å². The summed E-state index contributed by atoms with van der Waals surface area (Å²) in [6, 6.07) is 0. The quantitative estimate of drug-likeness (QED) is 0.567. The van der Waals surface area contributed by atoms with Gasteiger partial charge in [-0.25, -0.2) is 0 Å². The van der Waals surface area contributed by atoms with E-state index in [2.05, 4.69) is 0 Å². The van der Waals surface area contributed by atoms with Gasteiger partial charge >= 0.3 is 0 Å². The topological polar surface area (TPSA) is 0 Å². The fourth-order valence-corrected chi connectivity index (χ4v) is 1.99. The van der Waals surface area contributed by atoms with Crippen molar-refractivity contribution in [1.82, 2.24) is 0 Å². The Morgan fingerprint density at radius 1 is 0.667 bits per heavy atom. The van der Waals surface area contributed by atoms with Crippen molar-refractivity contribution in [1.29, 1.82) is 0 Å². The van der Waals surface area contributed by atoms with Gasteiger partial charge in [0.05, 0.1) is 10.1 Å². The molecule has 0 fully saturated rings. The Morgan fingerprint density at radius 3 is 1.33 bits per heavy atom. The van der Waals surface area contributed by atoms with E-state index in [0.29, 0.717) is 20.1 Å². The smallest absolute Gasteiger partial charge is 0.0749 e. The fraction of sp³-hybridized carbons (Fsp3) is 0.500. The van der Waals surface area contributed by atoms with Gasteiger partial charge in [-0.2, -0.15) is 0 Å². The summed E-state index contributed by atoms with van der Waals surface area (Å²) in [7, 11) is 0. The first-order valence-electron chi connectivity index (χ1n) is 3.71. The molecule has 1 aliphatic carbocycles. The van der Waals surface area contributed by atoms with Crippen molar-refractivity contribution in [2.24, 2.45) is 0 Å². The summed E-state index contributed by atoms with van der Waals surface area (Å²) in [6.45, 7) is 0. The Labute approximate surface area is 92.1 Å². The molecular weight excluding hydrogens is 238 g/mol. The van der Waals surface area contributed by atoms with Crippen LogP contribution in [-0.4, -0.2) is 0 Å². The van der Waals surface area contributed by atoms with Crippen molar-refractivity contribution < 1.29 is 0 Å². The Balaban J connectivity index is 2.99. The van der Waals surface area contributed by atoms with Crippen LogP contribution in [0.4, 0.5) is 0 Å². The lowest BCUT2D eigenvalue weighted by Gasteiger charge is -2.09. The summed E-state index contributed by atoms with van der Waals surface area (Å²) in [5.41, 5.74) is 0. The van der Waals surface area contributed by atoms with Crippen LogP contribution >= 0.6 is 46.4 Å². The molecule has 0 aromatic carbocycles. The second kappa shape index (κ2) is 4.76. The molecule has 0 radical (unpaired) electrons. The fourth-order valence-electron chi connectivity index (χ4n) is 1.02. The Hall–Kier alpha value is 0.640. The van der Waals surface area contributed by atoms with E-state index in [9.17, 15) is 0 Å². The van der Waals surface area contributed by atoms with E-state index in [4.69, 9.17) is 46.4 Å². The zero-order valence-corrected chi connectivity index (χ0v) is 9.36. The predicted octanol–water partition coefficient (Wildman–Crippen LogP) is 4.94. The highest BCUT2D eigenvalue weighted by atomic mass is 35.5. The first-order chi connectivity index (χ1) is 5.63. The summed E-state index contributed by atoms with van der Waals surface area (Å²) < 4.78 is 0. The molecule has 0 spiro atoms. The van der Waals surface area contributed by atoms with E-state index < -0.39 is 0 Å². The number of allylic oxidation sites excluding steroid dienone is 4. The highest BCUT2D eigenvalue weighted by Crippen LogP contribution is 2.35. The third kappa shape index (κ3) is 2.56. The molecule has 12 heavy (non-hydrogen) atoms. The van der Waals surface area contributed by atoms with Crippen LogP contribution in [0.5, 0.6) is 0 Å². The van der Waals surface area contributed by atoms with Crippen LogP contribution in [0.25, 0.3) is 0 Å². The number of hydrogen-bond donors (Lipinski definition) is 0. The molecule has 0 aromatic heterocycles. The molecule has 0 aromatic rings. The number of rotatable bonds is 0. The van der Waals surface area contributed by atoms with Crippen molar-refractivity contribution in [2.45, 2.75) is 25.7 Å². The maximum atomic E-state index is 5.87. The van der Waals surface area contributed by atoms with Gasteiger partial charge in [-0.1, -0.05) is 46.4 Å². The molecule has 68 valence electrons. The third-order valence-corrected chi connectivity index (χ3v) is 3.59. The van der Waals surface area contributed by atoms with Gasteiger partial charge in [0.2, 0.25) is 0 Å². The lowest BCUT2D eigenvalue weighted by molar-refractivity contribution is 0.744.